The lowest BCUT2D eigenvalue weighted by atomic mass is 10.0. The molecule has 0 saturated carbocycles. The van der Waals surface area contributed by atoms with Crippen molar-refractivity contribution in [3.8, 4) is 0 Å². The maximum atomic E-state index is 12.8. The van der Waals surface area contributed by atoms with Gasteiger partial charge in [0.25, 0.3) is 5.91 Å². The molecular weight excluding hydrogens is 342 g/mol. The van der Waals surface area contributed by atoms with Crippen molar-refractivity contribution in [3.05, 3.63) is 35.4 Å². The number of nitrogens with zero attached hydrogens (tertiary/aromatic N) is 2. The molecule has 1 N–H and O–H groups in total. The summed E-state index contributed by atoms with van der Waals surface area (Å²) in [5.74, 6) is -0.134. The Morgan fingerprint density at radius 3 is 2.30 bits per heavy atom. The van der Waals surface area contributed by atoms with Gasteiger partial charge in [-0.25, -0.2) is 0 Å². The number of likely N-dealkylation sites (tertiary alicyclic amines) is 2. The number of piperidine rings is 1. The Balaban J connectivity index is 1.49. The zero-order valence-electron chi connectivity index (χ0n) is 16.4. The molecule has 0 bridgehead atoms. The van der Waals surface area contributed by atoms with Crippen molar-refractivity contribution in [1.29, 1.82) is 0 Å². The molecule has 2 aliphatic rings. The summed E-state index contributed by atoms with van der Waals surface area (Å²) in [5.41, 5.74) is 1.79. The molecule has 146 valence electrons. The van der Waals surface area contributed by atoms with Crippen LogP contribution in [0.1, 0.15) is 49.0 Å². The van der Waals surface area contributed by atoms with Crippen molar-refractivity contribution < 1.29 is 14.4 Å². The van der Waals surface area contributed by atoms with Gasteiger partial charge in [0.05, 0.1) is 5.92 Å². The summed E-state index contributed by atoms with van der Waals surface area (Å²) in [4.78, 5) is 40.8. The lowest BCUT2D eigenvalue weighted by Gasteiger charge is -2.34. The van der Waals surface area contributed by atoms with Gasteiger partial charge < -0.3 is 15.1 Å². The van der Waals surface area contributed by atoms with Crippen LogP contribution in [-0.2, 0) is 9.59 Å². The van der Waals surface area contributed by atoms with E-state index in [0.29, 0.717) is 31.6 Å². The monoisotopic (exact) mass is 371 g/mol. The van der Waals surface area contributed by atoms with Crippen LogP contribution in [0.3, 0.4) is 0 Å². The van der Waals surface area contributed by atoms with Crippen molar-refractivity contribution in [2.45, 2.75) is 52.1 Å². The zero-order chi connectivity index (χ0) is 19.6. The first-order valence-corrected chi connectivity index (χ1v) is 9.81. The number of nitrogens with one attached hydrogen (secondary N) is 1. The predicted molar refractivity (Wildman–Crippen MR) is 103 cm³/mol. The van der Waals surface area contributed by atoms with E-state index in [9.17, 15) is 14.4 Å². The van der Waals surface area contributed by atoms with Crippen LogP contribution in [0.2, 0.25) is 0 Å². The van der Waals surface area contributed by atoms with Crippen LogP contribution in [0.5, 0.6) is 0 Å². The molecule has 1 unspecified atom stereocenters. The molecule has 6 heteroatoms. The minimum atomic E-state index is -0.224. The Morgan fingerprint density at radius 2 is 1.74 bits per heavy atom. The quantitative estimate of drug-likeness (QED) is 0.880. The molecule has 3 rings (SSSR count). The smallest absolute Gasteiger partial charge is 0.251 e. The number of carbonyl (C=O) groups is 3. The van der Waals surface area contributed by atoms with Crippen LogP contribution in [0, 0.1) is 12.8 Å². The summed E-state index contributed by atoms with van der Waals surface area (Å²) >= 11 is 0. The maximum Gasteiger partial charge on any atom is 0.251 e. The van der Waals surface area contributed by atoms with Gasteiger partial charge in [-0.15, -0.1) is 0 Å². The number of hydrogen-bond donors (Lipinski definition) is 1. The molecule has 6 nitrogen and oxygen atoms in total. The van der Waals surface area contributed by atoms with E-state index in [-0.39, 0.29) is 35.7 Å². The molecule has 1 atom stereocenters. The molecule has 1 aromatic carbocycles. The van der Waals surface area contributed by atoms with Crippen molar-refractivity contribution in [3.63, 3.8) is 0 Å². The fraction of sp³-hybridized carbons (Fsp3) is 0.571. The minimum absolute atomic E-state index is 0.0614. The second-order valence-corrected chi connectivity index (χ2v) is 7.98. The molecule has 2 heterocycles. The topological polar surface area (TPSA) is 69.7 Å². The standard InChI is InChI=1S/C21H29N3O3/c1-14(2)24-13-17(12-19(24)25)21(27)23-10-8-18(9-11-23)22-20(26)16-6-4-15(3)5-7-16/h4-7,14,17-18H,8-13H2,1-3H3,(H,22,26). The van der Waals surface area contributed by atoms with Crippen molar-refractivity contribution in [2.24, 2.45) is 5.92 Å². The fourth-order valence-corrected chi connectivity index (χ4v) is 3.87. The molecule has 3 amide bonds. The lowest BCUT2D eigenvalue weighted by Crippen LogP contribution is -2.48. The Hall–Kier alpha value is -2.37. The first-order chi connectivity index (χ1) is 12.8. The first kappa shape index (κ1) is 19.4. The van der Waals surface area contributed by atoms with Gasteiger partial charge >= 0.3 is 0 Å². The van der Waals surface area contributed by atoms with Crippen molar-refractivity contribution in [1.82, 2.24) is 15.1 Å². The number of aryl methyl sites for hydroxylation is 1. The summed E-state index contributed by atoms with van der Waals surface area (Å²) in [7, 11) is 0. The number of hydrogen-bond acceptors (Lipinski definition) is 3. The minimum Gasteiger partial charge on any atom is -0.349 e. The van der Waals surface area contributed by atoms with Gasteiger partial charge in [-0.3, -0.25) is 14.4 Å². The molecule has 0 aromatic heterocycles. The summed E-state index contributed by atoms with van der Waals surface area (Å²) in [6.07, 6.45) is 1.82. The zero-order valence-corrected chi connectivity index (χ0v) is 16.4. The highest BCUT2D eigenvalue weighted by Crippen LogP contribution is 2.24. The van der Waals surface area contributed by atoms with Crippen LogP contribution in [-0.4, -0.2) is 59.2 Å². The predicted octanol–water partition coefficient (Wildman–Crippen LogP) is 1.97. The average molecular weight is 371 g/mol. The van der Waals surface area contributed by atoms with Gasteiger partial charge in [0.15, 0.2) is 0 Å². The van der Waals surface area contributed by atoms with E-state index in [1.54, 1.807) is 4.90 Å². The average Bonchev–Trinajstić information content (AvgIpc) is 3.04. The first-order valence-electron chi connectivity index (χ1n) is 9.81. The summed E-state index contributed by atoms with van der Waals surface area (Å²) in [6.45, 7) is 7.74. The third-order valence-corrected chi connectivity index (χ3v) is 5.59. The second-order valence-electron chi connectivity index (χ2n) is 7.98. The van der Waals surface area contributed by atoms with Gasteiger partial charge in [-0.1, -0.05) is 17.7 Å². The maximum absolute atomic E-state index is 12.8. The number of amides is 3. The third-order valence-electron chi connectivity index (χ3n) is 5.59. The van der Waals surface area contributed by atoms with Gasteiger partial charge in [0, 0.05) is 43.7 Å². The largest absolute Gasteiger partial charge is 0.349 e. The molecule has 0 radical (unpaired) electrons. The van der Waals surface area contributed by atoms with E-state index in [4.69, 9.17) is 0 Å². The van der Waals surface area contributed by atoms with Crippen molar-refractivity contribution >= 4 is 17.7 Å². The molecule has 1 aromatic rings. The highest BCUT2D eigenvalue weighted by Gasteiger charge is 2.38. The Labute approximate surface area is 160 Å². The van der Waals surface area contributed by atoms with E-state index < -0.39 is 0 Å². The van der Waals surface area contributed by atoms with Gasteiger partial charge in [-0.05, 0) is 45.7 Å². The summed E-state index contributed by atoms with van der Waals surface area (Å²) in [6, 6.07) is 7.75. The highest BCUT2D eigenvalue weighted by atomic mass is 16.2. The van der Waals surface area contributed by atoms with Crippen LogP contribution in [0.25, 0.3) is 0 Å². The van der Waals surface area contributed by atoms with E-state index in [2.05, 4.69) is 5.32 Å². The molecule has 2 fully saturated rings. The van der Waals surface area contributed by atoms with Gasteiger partial charge in [0.1, 0.15) is 0 Å². The van der Waals surface area contributed by atoms with Gasteiger partial charge in [0.2, 0.25) is 11.8 Å². The van der Waals surface area contributed by atoms with Crippen LogP contribution < -0.4 is 5.32 Å². The second kappa shape index (κ2) is 8.11. The molecule has 0 spiro atoms. The Kier molecular flexibility index (Phi) is 5.82. The van der Waals surface area contributed by atoms with Gasteiger partial charge in [-0.2, -0.15) is 0 Å². The molecule has 0 aliphatic carbocycles. The Morgan fingerprint density at radius 1 is 1.11 bits per heavy atom. The van der Waals surface area contributed by atoms with Crippen LogP contribution in [0.4, 0.5) is 0 Å². The SMILES string of the molecule is Cc1ccc(C(=O)NC2CCN(C(=O)C3CC(=O)N(C(C)C)C3)CC2)cc1. The summed E-state index contributed by atoms with van der Waals surface area (Å²) < 4.78 is 0. The normalized spacial score (nSPS) is 21.0. The third kappa shape index (κ3) is 4.49. The van der Waals surface area contributed by atoms with E-state index in [0.717, 1.165) is 18.4 Å². The molecular formula is C21H29N3O3. The number of benzene rings is 1. The van der Waals surface area contributed by atoms with E-state index in [1.807, 2.05) is 49.9 Å². The fourth-order valence-electron chi connectivity index (χ4n) is 3.87. The highest BCUT2D eigenvalue weighted by molar-refractivity contribution is 5.94. The molecule has 2 saturated heterocycles. The Bertz CT molecular complexity index is 706. The van der Waals surface area contributed by atoms with E-state index >= 15 is 0 Å². The molecule has 2 aliphatic heterocycles. The number of carbonyl (C=O) groups excluding carboxylic acids is 3. The van der Waals surface area contributed by atoms with Crippen LogP contribution >= 0.6 is 0 Å². The van der Waals surface area contributed by atoms with Crippen molar-refractivity contribution in [2.75, 3.05) is 19.6 Å². The van der Waals surface area contributed by atoms with E-state index in [1.165, 1.54) is 0 Å². The summed E-state index contributed by atoms with van der Waals surface area (Å²) in [5, 5.41) is 3.07. The van der Waals surface area contributed by atoms with Crippen LogP contribution in [0.15, 0.2) is 24.3 Å². The number of rotatable bonds is 4. The lowest BCUT2D eigenvalue weighted by molar-refractivity contribution is -0.136. The molecule has 27 heavy (non-hydrogen) atoms.